The number of nitrogens with one attached hydrogen (secondary N) is 2. The van der Waals surface area contributed by atoms with Gasteiger partial charge in [-0.3, -0.25) is 20.0 Å². The van der Waals surface area contributed by atoms with Crippen molar-refractivity contribution in [2.45, 2.75) is 19.4 Å². The zero-order chi connectivity index (χ0) is 31.6. The number of likely N-dealkylation sites (tertiary alicyclic amines) is 1. The van der Waals surface area contributed by atoms with Crippen LogP contribution in [-0.4, -0.2) is 61.3 Å². The van der Waals surface area contributed by atoms with Crippen molar-refractivity contribution < 1.29 is 13.9 Å². The Labute approximate surface area is 270 Å². The Morgan fingerprint density at radius 3 is 2.53 bits per heavy atom. The highest BCUT2D eigenvalue weighted by molar-refractivity contribution is 6.00. The van der Waals surface area contributed by atoms with Crippen LogP contribution in [0.4, 0.5) is 4.39 Å². The summed E-state index contributed by atoms with van der Waals surface area (Å²) < 4.78 is 26.8. The summed E-state index contributed by atoms with van der Waals surface area (Å²) in [7, 11) is 0. The quantitative estimate of drug-likeness (QED) is 0.163. The Morgan fingerprint density at radius 2 is 1.64 bits per heavy atom. The van der Waals surface area contributed by atoms with Crippen molar-refractivity contribution in [1.29, 1.82) is 0 Å². The Hall–Kier alpha value is -5.61. The summed E-state index contributed by atoms with van der Waals surface area (Å²) in [5.41, 5.74) is 7.88. The molecule has 6 heterocycles. The van der Waals surface area contributed by atoms with Crippen LogP contribution in [0.25, 0.3) is 55.7 Å². The molecule has 2 N–H and O–H groups in total. The maximum atomic E-state index is 14.8. The van der Waals surface area contributed by atoms with E-state index in [1.165, 1.54) is 25.0 Å². The Balaban J connectivity index is 1.08. The van der Waals surface area contributed by atoms with Gasteiger partial charge in [0.2, 0.25) is 0 Å². The molecule has 9 nitrogen and oxygen atoms in total. The number of hydrogen-bond acceptors (Lipinski definition) is 7. The highest BCUT2D eigenvalue weighted by atomic mass is 19.1. The van der Waals surface area contributed by atoms with E-state index in [9.17, 15) is 4.39 Å². The number of aromatic nitrogens is 6. The van der Waals surface area contributed by atoms with Crippen molar-refractivity contribution in [2.75, 3.05) is 26.2 Å². The number of H-pyrrole nitrogens is 2. The molecule has 7 aromatic rings. The third-order valence-electron chi connectivity index (χ3n) is 8.52. The molecule has 1 fully saturated rings. The number of hydrogen-bond donors (Lipinski definition) is 2. The highest BCUT2D eigenvalue weighted by Crippen LogP contribution is 2.35. The van der Waals surface area contributed by atoms with Gasteiger partial charge in [0, 0.05) is 41.5 Å². The third kappa shape index (κ3) is 6.15. The van der Waals surface area contributed by atoms with Crippen molar-refractivity contribution in [3.63, 3.8) is 0 Å². The van der Waals surface area contributed by atoms with Crippen molar-refractivity contribution in [3.8, 4) is 45.3 Å². The van der Waals surface area contributed by atoms with E-state index >= 15 is 0 Å². The van der Waals surface area contributed by atoms with E-state index in [2.05, 4.69) is 30.0 Å². The van der Waals surface area contributed by atoms with Crippen LogP contribution in [0, 0.1) is 5.82 Å². The summed E-state index contributed by atoms with van der Waals surface area (Å²) >= 11 is 0. The lowest BCUT2D eigenvalue weighted by atomic mass is 10.0. The number of rotatable bonds is 10. The lowest BCUT2D eigenvalue weighted by Crippen LogP contribution is -2.25. The van der Waals surface area contributed by atoms with Gasteiger partial charge in [-0.1, -0.05) is 30.3 Å². The molecule has 5 aromatic heterocycles. The fourth-order valence-electron chi connectivity index (χ4n) is 6.14. The minimum absolute atomic E-state index is 0.356. The molecule has 10 heteroatoms. The van der Waals surface area contributed by atoms with Crippen LogP contribution in [0.15, 0.2) is 97.6 Å². The summed E-state index contributed by atoms with van der Waals surface area (Å²) in [6.45, 7) is 3.99. The van der Waals surface area contributed by atoms with E-state index in [4.69, 9.17) is 14.5 Å². The minimum atomic E-state index is -0.356. The molecule has 0 amide bonds. The molecule has 0 spiro atoms. The fourth-order valence-corrected chi connectivity index (χ4v) is 6.14. The van der Waals surface area contributed by atoms with Gasteiger partial charge in [-0.25, -0.2) is 9.37 Å². The summed E-state index contributed by atoms with van der Waals surface area (Å²) in [4.78, 5) is 19.6. The minimum Gasteiger partial charge on any atom is -0.492 e. The smallest absolute Gasteiger partial charge is 0.138 e. The van der Waals surface area contributed by atoms with Crippen LogP contribution in [0.5, 0.6) is 11.5 Å². The van der Waals surface area contributed by atoms with Crippen LogP contribution < -0.4 is 9.47 Å². The van der Waals surface area contributed by atoms with Gasteiger partial charge >= 0.3 is 0 Å². The molecular formula is C37H32FN7O2. The SMILES string of the molecule is Fc1cc(OCCN2CCCC2)cc(-c2cncc3[nH]c(-c4n[nH]c5ccc(-c6cncc(OCc7ccccc7)c6)nc45)cc23)c1. The van der Waals surface area contributed by atoms with Gasteiger partial charge in [0.25, 0.3) is 0 Å². The molecule has 8 rings (SSSR count). The first kappa shape index (κ1) is 28.8. The molecule has 0 radical (unpaired) electrons. The molecule has 0 bridgehead atoms. The van der Waals surface area contributed by atoms with E-state index in [-0.39, 0.29) is 5.82 Å². The first-order valence-electron chi connectivity index (χ1n) is 15.8. The number of ether oxygens (including phenoxy) is 2. The lowest BCUT2D eigenvalue weighted by molar-refractivity contribution is 0.237. The van der Waals surface area contributed by atoms with Crippen molar-refractivity contribution in [3.05, 3.63) is 109 Å². The van der Waals surface area contributed by atoms with Crippen LogP contribution in [0.3, 0.4) is 0 Å². The molecule has 1 saturated heterocycles. The van der Waals surface area contributed by atoms with Crippen molar-refractivity contribution in [1.82, 2.24) is 35.0 Å². The second-order valence-corrected chi connectivity index (χ2v) is 11.8. The molecule has 0 saturated carbocycles. The van der Waals surface area contributed by atoms with E-state index in [0.717, 1.165) is 64.1 Å². The molecule has 0 unspecified atom stereocenters. The van der Waals surface area contributed by atoms with E-state index in [0.29, 0.717) is 41.5 Å². The number of fused-ring (bicyclic) bond motifs is 2. The largest absolute Gasteiger partial charge is 0.492 e. The topological polar surface area (TPSA) is 105 Å². The standard InChI is InChI=1S/C37H32FN7O2/c38-27-14-25(15-28(17-27)46-13-12-45-10-4-5-11-45)31-21-40-22-35-30(31)18-34(41-35)37-36-33(43-44-37)9-8-32(42-36)26-16-29(20-39-19-26)47-23-24-6-2-1-3-7-24/h1-3,6-9,14-22,41H,4-5,10-13,23H2,(H,43,44). The van der Waals surface area contributed by atoms with Crippen LogP contribution >= 0.6 is 0 Å². The predicted octanol–water partition coefficient (Wildman–Crippen LogP) is 7.42. The van der Waals surface area contributed by atoms with Gasteiger partial charge in [0.1, 0.15) is 41.7 Å². The first-order chi connectivity index (χ1) is 23.2. The molecule has 47 heavy (non-hydrogen) atoms. The molecular weight excluding hydrogens is 593 g/mol. The molecule has 2 aromatic carbocycles. The lowest BCUT2D eigenvalue weighted by Gasteiger charge is -2.15. The number of halogens is 1. The van der Waals surface area contributed by atoms with Crippen molar-refractivity contribution >= 4 is 21.9 Å². The number of nitrogens with zero attached hydrogens (tertiary/aromatic N) is 5. The Morgan fingerprint density at radius 1 is 0.787 bits per heavy atom. The summed E-state index contributed by atoms with van der Waals surface area (Å²) in [6, 6.07) is 22.7. The van der Waals surface area contributed by atoms with Gasteiger partial charge in [0.15, 0.2) is 0 Å². The average Bonchev–Trinajstić information content (AvgIpc) is 3.87. The fraction of sp³-hybridized carbons (Fsp3) is 0.189. The maximum Gasteiger partial charge on any atom is 0.138 e. The van der Waals surface area contributed by atoms with Crippen LogP contribution in [0.2, 0.25) is 0 Å². The number of pyridine rings is 3. The van der Waals surface area contributed by atoms with Crippen LogP contribution in [-0.2, 0) is 6.61 Å². The zero-order valence-corrected chi connectivity index (χ0v) is 25.6. The monoisotopic (exact) mass is 625 g/mol. The average molecular weight is 626 g/mol. The highest BCUT2D eigenvalue weighted by Gasteiger charge is 2.17. The number of aromatic amines is 2. The normalized spacial score (nSPS) is 13.5. The second kappa shape index (κ2) is 12.6. The summed E-state index contributed by atoms with van der Waals surface area (Å²) in [6.07, 6.45) is 9.43. The second-order valence-electron chi connectivity index (χ2n) is 11.8. The molecule has 234 valence electrons. The van der Waals surface area contributed by atoms with Gasteiger partial charge in [-0.15, -0.1) is 0 Å². The summed E-state index contributed by atoms with van der Waals surface area (Å²) in [5, 5.41) is 8.60. The van der Waals surface area contributed by atoms with Crippen molar-refractivity contribution in [2.24, 2.45) is 0 Å². The Bertz CT molecular complexity index is 2170. The first-order valence-corrected chi connectivity index (χ1v) is 15.8. The van der Waals surface area contributed by atoms with Gasteiger partial charge in [-0.2, -0.15) is 5.10 Å². The Kier molecular flexibility index (Phi) is 7.76. The van der Waals surface area contributed by atoms with E-state index < -0.39 is 0 Å². The molecule has 1 aliphatic heterocycles. The third-order valence-corrected chi connectivity index (χ3v) is 8.52. The molecule has 0 atom stereocenters. The zero-order valence-electron chi connectivity index (χ0n) is 25.6. The molecule has 0 aliphatic carbocycles. The predicted molar refractivity (Wildman–Crippen MR) is 180 cm³/mol. The van der Waals surface area contributed by atoms with Gasteiger partial charge < -0.3 is 14.5 Å². The van der Waals surface area contributed by atoms with Gasteiger partial charge in [-0.05, 0) is 73.5 Å². The number of benzene rings is 2. The van der Waals surface area contributed by atoms with Gasteiger partial charge in [0.05, 0.1) is 34.8 Å². The molecule has 1 aliphatic rings. The van der Waals surface area contributed by atoms with E-state index in [1.807, 2.05) is 60.7 Å². The van der Waals surface area contributed by atoms with Crippen LogP contribution in [0.1, 0.15) is 18.4 Å². The van der Waals surface area contributed by atoms with E-state index in [1.54, 1.807) is 24.8 Å². The summed E-state index contributed by atoms with van der Waals surface area (Å²) in [5.74, 6) is 0.810. The maximum absolute atomic E-state index is 14.8.